The molecule has 0 bridgehead atoms. The summed E-state index contributed by atoms with van der Waals surface area (Å²) in [5.41, 5.74) is 0.259. The molecule has 2 saturated heterocycles. The summed E-state index contributed by atoms with van der Waals surface area (Å²) in [7, 11) is -3.57. The molecule has 0 amide bonds. The van der Waals surface area contributed by atoms with E-state index < -0.39 is 15.7 Å². The average Bonchev–Trinajstić information content (AvgIpc) is 3.34. The Hall–Kier alpha value is -2.00. The number of piperidine rings is 1. The van der Waals surface area contributed by atoms with Gasteiger partial charge < -0.3 is 9.64 Å². The van der Waals surface area contributed by atoms with E-state index in [-0.39, 0.29) is 0 Å². The van der Waals surface area contributed by atoms with Gasteiger partial charge in [0.15, 0.2) is 5.13 Å². The van der Waals surface area contributed by atoms with Crippen molar-refractivity contribution in [1.82, 2.24) is 9.29 Å². The molecule has 0 saturated carbocycles. The predicted molar refractivity (Wildman–Crippen MR) is 110 cm³/mol. The summed E-state index contributed by atoms with van der Waals surface area (Å²) in [6.45, 7) is 2.28. The SMILES string of the molecule is O=S(=O)(c1ccccc1)N1CCOC12CCN(c1nc3ccccc3s1)CC2. The number of sulfonamides is 1. The molecule has 0 atom stereocenters. The van der Waals surface area contributed by atoms with Crippen LogP contribution in [0.25, 0.3) is 10.2 Å². The van der Waals surface area contributed by atoms with Gasteiger partial charge in [-0.15, -0.1) is 0 Å². The lowest BCUT2D eigenvalue weighted by Crippen LogP contribution is -2.54. The molecule has 28 heavy (non-hydrogen) atoms. The van der Waals surface area contributed by atoms with E-state index in [4.69, 9.17) is 9.72 Å². The number of nitrogens with zero attached hydrogens (tertiary/aromatic N) is 3. The van der Waals surface area contributed by atoms with E-state index in [2.05, 4.69) is 11.0 Å². The molecular formula is C20H21N3O3S2. The maximum Gasteiger partial charge on any atom is 0.245 e. The minimum absolute atomic E-state index is 0.327. The number of rotatable bonds is 3. The second kappa shape index (κ2) is 6.81. The smallest absolute Gasteiger partial charge is 0.245 e. The van der Waals surface area contributed by atoms with Crippen LogP contribution in [0.1, 0.15) is 12.8 Å². The first kappa shape index (κ1) is 18.1. The van der Waals surface area contributed by atoms with Crippen LogP contribution in [0.2, 0.25) is 0 Å². The molecule has 2 aliphatic heterocycles. The van der Waals surface area contributed by atoms with Gasteiger partial charge in [0.2, 0.25) is 10.0 Å². The van der Waals surface area contributed by atoms with Crippen LogP contribution >= 0.6 is 11.3 Å². The summed E-state index contributed by atoms with van der Waals surface area (Å²) in [5, 5.41) is 0.992. The highest BCUT2D eigenvalue weighted by Crippen LogP contribution is 2.40. The highest BCUT2D eigenvalue weighted by Gasteiger charge is 2.50. The number of aromatic nitrogens is 1. The number of fused-ring (bicyclic) bond motifs is 1. The average molecular weight is 416 g/mol. The van der Waals surface area contributed by atoms with Crippen LogP contribution in [0.5, 0.6) is 0 Å². The number of hydrogen-bond donors (Lipinski definition) is 0. The van der Waals surface area contributed by atoms with Gasteiger partial charge in [-0.2, -0.15) is 4.31 Å². The van der Waals surface area contributed by atoms with E-state index in [9.17, 15) is 8.42 Å². The van der Waals surface area contributed by atoms with Gasteiger partial charge in [0, 0.05) is 32.5 Å². The molecule has 2 aromatic carbocycles. The summed E-state index contributed by atoms with van der Waals surface area (Å²) in [5.74, 6) is 0. The van der Waals surface area contributed by atoms with E-state index in [1.54, 1.807) is 39.9 Å². The first-order valence-electron chi connectivity index (χ1n) is 9.41. The Bertz CT molecular complexity index is 1060. The fourth-order valence-electron chi connectivity index (χ4n) is 4.09. The Morgan fingerprint density at radius 1 is 0.964 bits per heavy atom. The summed E-state index contributed by atoms with van der Waals surface area (Å²) in [6.07, 6.45) is 1.27. The fraction of sp³-hybridized carbons (Fsp3) is 0.350. The van der Waals surface area contributed by atoms with Gasteiger partial charge in [0.1, 0.15) is 5.72 Å². The second-order valence-electron chi connectivity index (χ2n) is 7.14. The normalized spacial score (nSPS) is 20.2. The van der Waals surface area contributed by atoms with Crippen LogP contribution in [-0.2, 0) is 14.8 Å². The van der Waals surface area contributed by atoms with E-state index in [1.807, 2.05) is 24.3 Å². The minimum atomic E-state index is -3.57. The summed E-state index contributed by atoms with van der Waals surface area (Å²) >= 11 is 1.68. The van der Waals surface area contributed by atoms with Crippen molar-refractivity contribution < 1.29 is 13.2 Å². The third kappa shape index (κ3) is 2.91. The fourth-order valence-corrected chi connectivity index (χ4v) is 6.85. The third-order valence-electron chi connectivity index (χ3n) is 5.55. The number of hydrogen-bond acceptors (Lipinski definition) is 6. The zero-order chi connectivity index (χ0) is 19.2. The molecule has 3 heterocycles. The predicted octanol–water partition coefficient (Wildman–Crippen LogP) is 3.31. The molecule has 6 nitrogen and oxygen atoms in total. The Balaban J connectivity index is 1.38. The van der Waals surface area contributed by atoms with Crippen molar-refractivity contribution in [3.8, 4) is 0 Å². The van der Waals surface area contributed by atoms with Crippen molar-refractivity contribution in [2.75, 3.05) is 31.1 Å². The van der Waals surface area contributed by atoms with Crippen LogP contribution in [0.4, 0.5) is 5.13 Å². The Kier molecular flexibility index (Phi) is 4.39. The number of ether oxygens (including phenoxy) is 1. The number of benzene rings is 2. The lowest BCUT2D eigenvalue weighted by Gasteiger charge is -2.42. The van der Waals surface area contributed by atoms with Gasteiger partial charge in [-0.05, 0) is 24.3 Å². The highest BCUT2D eigenvalue weighted by atomic mass is 32.2. The molecule has 146 valence electrons. The Labute approximate surface area is 168 Å². The van der Waals surface area contributed by atoms with Gasteiger partial charge in [-0.3, -0.25) is 0 Å². The molecule has 0 N–H and O–H groups in total. The largest absolute Gasteiger partial charge is 0.358 e. The molecule has 1 spiro atoms. The molecule has 3 aromatic rings. The quantitative estimate of drug-likeness (QED) is 0.657. The zero-order valence-corrected chi connectivity index (χ0v) is 17.0. The first-order valence-corrected chi connectivity index (χ1v) is 11.7. The first-order chi connectivity index (χ1) is 13.6. The number of thiazole rings is 1. The van der Waals surface area contributed by atoms with Gasteiger partial charge in [-0.1, -0.05) is 41.7 Å². The number of para-hydroxylation sites is 1. The van der Waals surface area contributed by atoms with E-state index in [1.165, 1.54) is 4.70 Å². The molecule has 0 unspecified atom stereocenters. The van der Waals surface area contributed by atoms with E-state index in [0.717, 1.165) is 23.7 Å². The van der Waals surface area contributed by atoms with E-state index in [0.29, 0.717) is 30.9 Å². The molecular weight excluding hydrogens is 394 g/mol. The van der Waals surface area contributed by atoms with Gasteiger partial charge in [0.05, 0.1) is 21.7 Å². The standard InChI is InChI=1S/C20H21N3O3S2/c24-28(25,16-6-2-1-3-7-16)23-14-15-26-20(23)10-12-22(13-11-20)19-21-17-8-4-5-9-18(17)27-19/h1-9H,10-15H2. The maximum absolute atomic E-state index is 13.2. The molecule has 1 aromatic heterocycles. The topological polar surface area (TPSA) is 62.7 Å². The molecule has 8 heteroatoms. The summed E-state index contributed by atoms with van der Waals surface area (Å²) in [6, 6.07) is 16.8. The molecule has 2 aliphatic rings. The van der Waals surface area contributed by atoms with Crippen molar-refractivity contribution in [2.24, 2.45) is 0 Å². The van der Waals surface area contributed by atoms with Gasteiger partial charge >= 0.3 is 0 Å². The van der Waals surface area contributed by atoms with Crippen LogP contribution in [0.15, 0.2) is 59.5 Å². The van der Waals surface area contributed by atoms with Crippen molar-refractivity contribution >= 4 is 36.7 Å². The monoisotopic (exact) mass is 415 g/mol. The van der Waals surface area contributed by atoms with Crippen molar-refractivity contribution in [3.63, 3.8) is 0 Å². The summed E-state index contributed by atoms with van der Waals surface area (Å²) < 4.78 is 35.2. The summed E-state index contributed by atoms with van der Waals surface area (Å²) in [4.78, 5) is 7.31. The zero-order valence-electron chi connectivity index (χ0n) is 15.3. The van der Waals surface area contributed by atoms with Crippen LogP contribution in [0, 0.1) is 0 Å². The van der Waals surface area contributed by atoms with Crippen LogP contribution in [-0.4, -0.2) is 49.7 Å². The van der Waals surface area contributed by atoms with E-state index >= 15 is 0 Å². The second-order valence-corrected chi connectivity index (χ2v) is 10.0. The molecule has 2 fully saturated rings. The lowest BCUT2D eigenvalue weighted by molar-refractivity contribution is -0.0664. The molecule has 0 radical (unpaired) electrons. The van der Waals surface area contributed by atoms with Crippen LogP contribution in [0.3, 0.4) is 0 Å². The third-order valence-corrected chi connectivity index (χ3v) is 8.61. The van der Waals surface area contributed by atoms with Crippen molar-refractivity contribution in [2.45, 2.75) is 23.5 Å². The van der Waals surface area contributed by atoms with Gasteiger partial charge in [0.25, 0.3) is 0 Å². The van der Waals surface area contributed by atoms with Crippen LogP contribution < -0.4 is 4.90 Å². The number of anilines is 1. The lowest BCUT2D eigenvalue weighted by atomic mass is 10.0. The van der Waals surface area contributed by atoms with Gasteiger partial charge in [-0.25, -0.2) is 13.4 Å². The minimum Gasteiger partial charge on any atom is -0.358 e. The van der Waals surface area contributed by atoms with Crippen molar-refractivity contribution in [3.05, 3.63) is 54.6 Å². The highest BCUT2D eigenvalue weighted by molar-refractivity contribution is 7.89. The Morgan fingerprint density at radius 3 is 2.43 bits per heavy atom. The Morgan fingerprint density at radius 2 is 1.68 bits per heavy atom. The molecule has 0 aliphatic carbocycles. The van der Waals surface area contributed by atoms with Crippen molar-refractivity contribution in [1.29, 1.82) is 0 Å². The maximum atomic E-state index is 13.2. The molecule has 5 rings (SSSR count).